The molecule has 1 fully saturated rings. The molecule has 0 saturated carbocycles. The van der Waals surface area contributed by atoms with E-state index in [2.05, 4.69) is 83.6 Å². The van der Waals surface area contributed by atoms with Gasteiger partial charge in [0.05, 0.1) is 17.4 Å². The minimum atomic E-state index is 1.05. The van der Waals surface area contributed by atoms with Crippen molar-refractivity contribution in [2.75, 3.05) is 38.1 Å². The van der Waals surface area contributed by atoms with Crippen molar-refractivity contribution in [3.05, 3.63) is 72.9 Å². The summed E-state index contributed by atoms with van der Waals surface area (Å²) in [5, 5.41) is 3.78. The maximum Gasteiger partial charge on any atom is 0.0709 e. The zero-order valence-corrected chi connectivity index (χ0v) is 15.6. The fourth-order valence-electron chi connectivity index (χ4n) is 3.98. The lowest BCUT2D eigenvalue weighted by Gasteiger charge is -2.34. The normalized spacial score (nSPS) is 15.5. The number of rotatable bonds is 2. The predicted molar refractivity (Wildman–Crippen MR) is 114 cm³/mol. The van der Waals surface area contributed by atoms with E-state index in [-0.39, 0.29) is 0 Å². The number of hydrogen-bond donors (Lipinski definition) is 0. The van der Waals surface area contributed by atoms with Gasteiger partial charge in [-0.15, -0.1) is 0 Å². The second-order valence-corrected chi connectivity index (χ2v) is 7.42. The van der Waals surface area contributed by atoms with Crippen LogP contribution in [0.3, 0.4) is 0 Å². The SMILES string of the molecule is CN1CCN(c2cnc3cccc(-c4ccc5ccccc5c4)c3c2)CC1. The minimum Gasteiger partial charge on any atom is -0.368 e. The third-order valence-corrected chi connectivity index (χ3v) is 5.64. The third-order valence-electron chi connectivity index (χ3n) is 5.64. The van der Waals surface area contributed by atoms with Crippen LogP contribution >= 0.6 is 0 Å². The summed E-state index contributed by atoms with van der Waals surface area (Å²) in [4.78, 5) is 9.60. The monoisotopic (exact) mass is 353 g/mol. The summed E-state index contributed by atoms with van der Waals surface area (Å²) in [5.74, 6) is 0. The summed E-state index contributed by atoms with van der Waals surface area (Å²) in [7, 11) is 2.19. The topological polar surface area (TPSA) is 19.4 Å². The Morgan fingerprint density at radius 1 is 0.778 bits per heavy atom. The molecule has 27 heavy (non-hydrogen) atoms. The Hall–Kier alpha value is -2.91. The van der Waals surface area contributed by atoms with E-state index in [0.717, 1.165) is 31.7 Å². The molecule has 134 valence electrons. The first-order valence-electron chi connectivity index (χ1n) is 9.59. The van der Waals surface area contributed by atoms with Crippen molar-refractivity contribution in [3.8, 4) is 11.1 Å². The number of hydrogen-bond acceptors (Lipinski definition) is 3. The number of anilines is 1. The Morgan fingerprint density at radius 3 is 2.44 bits per heavy atom. The van der Waals surface area contributed by atoms with Gasteiger partial charge in [0.15, 0.2) is 0 Å². The first kappa shape index (κ1) is 16.3. The van der Waals surface area contributed by atoms with Gasteiger partial charge in [0.25, 0.3) is 0 Å². The average molecular weight is 353 g/mol. The van der Waals surface area contributed by atoms with Crippen LogP contribution in [0.2, 0.25) is 0 Å². The molecule has 1 aliphatic heterocycles. The molecule has 3 aromatic carbocycles. The molecule has 2 heterocycles. The van der Waals surface area contributed by atoms with Crippen LogP contribution in [0.15, 0.2) is 72.9 Å². The second-order valence-electron chi connectivity index (χ2n) is 7.42. The van der Waals surface area contributed by atoms with Gasteiger partial charge >= 0.3 is 0 Å². The molecular weight excluding hydrogens is 330 g/mol. The summed E-state index contributed by atoms with van der Waals surface area (Å²) in [6, 6.07) is 24.0. The van der Waals surface area contributed by atoms with E-state index in [1.807, 2.05) is 6.20 Å². The summed E-state index contributed by atoms with van der Waals surface area (Å²) in [6.07, 6.45) is 2.03. The van der Waals surface area contributed by atoms with E-state index >= 15 is 0 Å². The molecule has 0 N–H and O–H groups in total. The van der Waals surface area contributed by atoms with Crippen molar-refractivity contribution in [2.24, 2.45) is 0 Å². The summed E-state index contributed by atoms with van der Waals surface area (Å²) < 4.78 is 0. The maximum absolute atomic E-state index is 4.77. The van der Waals surface area contributed by atoms with Gasteiger partial charge < -0.3 is 9.80 Å². The van der Waals surface area contributed by atoms with Crippen LogP contribution in [0, 0.1) is 0 Å². The van der Waals surface area contributed by atoms with Gasteiger partial charge in [-0.3, -0.25) is 4.98 Å². The molecule has 0 atom stereocenters. The Bertz CT molecular complexity index is 1110. The Morgan fingerprint density at radius 2 is 1.59 bits per heavy atom. The zero-order valence-electron chi connectivity index (χ0n) is 15.6. The highest BCUT2D eigenvalue weighted by atomic mass is 15.2. The largest absolute Gasteiger partial charge is 0.368 e. The van der Waals surface area contributed by atoms with E-state index in [1.54, 1.807) is 0 Å². The zero-order chi connectivity index (χ0) is 18.2. The molecule has 3 nitrogen and oxygen atoms in total. The molecule has 1 saturated heterocycles. The molecule has 3 heteroatoms. The minimum absolute atomic E-state index is 1.05. The number of benzene rings is 3. The fourth-order valence-corrected chi connectivity index (χ4v) is 3.98. The van der Waals surface area contributed by atoms with Gasteiger partial charge in [0, 0.05) is 31.6 Å². The third kappa shape index (κ3) is 3.04. The highest BCUT2D eigenvalue weighted by Crippen LogP contribution is 2.32. The molecule has 1 aliphatic rings. The highest BCUT2D eigenvalue weighted by Gasteiger charge is 2.15. The fraction of sp³-hybridized carbons (Fsp3) is 0.208. The van der Waals surface area contributed by atoms with Crippen LogP contribution in [0.25, 0.3) is 32.8 Å². The average Bonchev–Trinajstić information content (AvgIpc) is 2.73. The maximum atomic E-state index is 4.77. The Balaban J connectivity index is 1.61. The number of aromatic nitrogens is 1. The summed E-state index contributed by atoms with van der Waals surface area (Å²) in [5.41, 5.74) is 4.78. The van der Waals surface area contributed by atoms with E-state index < -0.39 is 0 Å². The van der Waals surface area contributed by atoms with Crippen LogP contribution in [0.4, 0.5) is 5.69 Å². The van der Waals surface area contributed by atoms with E-state index in [9.17, 15) is 0 Å². The smallest absolute Gasteiger partial charge is 0.0709 e. The molecule has 0 amide bonds. The molecule has 0 bridgehead atoms. The van der Waals surface area contributed by atoms with Crippen molar-refractivity contribution < 1.29 is 0 Å². The van der Waals surface area contributed by atoms with E-state index in [1.165, 1.54) is 33.0 Å². The Kier molecular flexibility index (Phi) is 4.02. The number of nitrogens with zero attached hydrogens (tertiary/aromatic N) is 3. The number of pyridine rings is 1. The lowest BCUT2D eigenvalue weighted by molar-refractivity contribution is 0.313. The molecule has 0 radical (unpaired) electrons. The van der Waals surface area contributed by atoms with Crippen molar-refractivity contribution in [3.63, 3.8) is 0 Å². The van der Waals surface area contributed by atoms with Gasteiger partial charge in [0.2, 0.25) is 0 Å². The van der Waals surface area contributed by atoms with Crippen molar-refractivity contribution >= 4 is 27.4 Å². The molecule has 0 unspecified atom stereocenters. The van der Waals surface area contributed by atoms with Gasteiger partial charge in [-0.25, -0.2) is 0 Å². The van der Waals surface area contributed by atoms with Gasteiger partial charge in [-0.2, -0.15) is 0 Å². The lowest BCUT2D eigenvalue weighted by Crippen LogP contribution is -2.44. The molecule has 4 aromatic rings. The molecular formula is C24H23N3. The number of likely N-dealkylation sites (N-methyl/N-ethyl adjacent to an activating group) is 1. The Labute approximate surface area is 159 Å². The predicted octanol–water partition coefficient (Wildman–Crippen LogP) is 4.81. The van der Waals surface area contributed by atoms with Crippen molar-refractivity contribution in [1.82, 2.24) is 9.88 Å². The standard InChI is InChI=1S/C24H23N3/c1-26-11-13-27(14-12-26)21-16-23-22(7-4-8-24(23)25-17-21)20-10-9-18-5-2-3-6-19(18)15-20/h2-10,15-17H,11-14H2,1H3. The quantitative estimate of drug-likeness (QED) is 0.516. The number of fused-ring (bicyclic) bond motifs is 2. The van der Waals surface area contributed by atoms with Gasteiger partial charge in [-0.1, -0.05) is 48.5 Å². The lowest BCUT2D eigenvalue weighted by atomic mass is 9.97. The van der Waals surface area contributed by atoms with Crippen LogP contribution < -0.4 is 4.90 Å². The highest BCUT2D eigenvalue weighted by molar-refractivity contribution is 5.98. The van der Waals surface area contributed by atoms with Crippen LogP contribution in [-0.2, 0) is 0 Å². The second kappa shape index (κ2) is 6.67. The van der Waals surface area contributed by atoms with Crippen molar-refractivity contribution in [2.45, 2.75) is 0 Å². The molecule has 1 aromatic heterocycles. The van der Waals surface area contributed by atoms with E-state index in [4.69, 9.17) is 4.98 Å². The van der Waals surface area contributed by atoms with Crippen LogP contribution in [0.1, 0.15) is 0 Å². The van der Waals surface area contributed by atoms with E-state index in [0.29, 0.717) is 0 Å². The van der Waals surface area contributed by atoms with Crippen LogP contribution in [0.5, 0.6) is 0 Å². The first-order chi connectivity index (χ1) is 13.3. The molecule has 5 rings (SSSR count). The van der Waals surface area contributed by atoms with Gasteiger partial charge in [-0.05, 0) is 47.1 Å². The summed E-state index contributed by atoms with van der Waals surface area (Å²) >= 11 is 0. The molecule has 0 spiro atoms. The van der Waals surface area contributed by atoms with Crippen LogP contribution in [-0.4, -0.2) is 43.1 Å². The number of piperazine rings is 1. The van der Waals surface area contributed by atoms with Gasteiger partial charge in [0.1, 0.15) is 0 Å². The van der Waals surface area contributed by atoms with Crippen molar-refractivity contribution in [1.29, 1.82) is 0 Å². The summed E-state index contributed by atoms with van der Waals surface area (Å²) in [6.45, 7) is 4.32. The first-order valence-corrected chi connectivity index (χ1v) is 9.59. The molecule has 0 aliphatic carbocycles.